The van der Waals surface area contributed by atoms with E-state index in [0.717, 1.165) is 32.1 Å². The second-order valence-electron chi connectivity index (χ2n) is 11.7. The van der Waals surface area contributed by atoms with Crippen LogP contribution in [0, 0.1) is 28.6 Å². The molecule has 7 atom stereocenters. The zero-order valence-electron chi connectivity index (χ0n) is 19.3. The number of allylic oxidation sites excluding steroid dienone is 1. The zero-order valence-corrected chi connectivity index (χ0v) is 19.3. The quantitative estimate of drug-likeness (QED) is 0.555. The van der Waals surface area contributed by atoms with Gasteiger partial charge in [-0.25, -0.2) is 0 Å². The fourth-order valence-corrected chi connectivity index (χ4v) is 9.03. The molecule has 180 valence electrons. The highest BCUT2D eigenvalue weighted by atomic mass is 16.8. The van der Waals surface area contributed by atoms with Crippen LogP contribution < -0.4 is 0 Å². The Kier molecular flexibility index (Phi) is 4.80. The van der Waals surface area contributed by atoms with Gasteiger partial charge in [0.25, 0.3) is 0 Å². The topological polar surface area (TPSA) is 97.6 Å². The molecule has 2 aliphatic heterocycles. The molecule has 0 amide bonds. The summed E-state index contributed by atoms with van der Waals surface area (Å²) in [4.78, 5) is 0. The summed E-state index contributed by atoms with van der Waals surface area (Å²) in [6, 6.07) is 0. The van der Waals surface area contributed by atoms with Crippen LogP contribution in [0.5, 0.6) is 0 Å². The van der Waals surface area contributed by atoms with Gasteiger partial charge < -0.3 is 34.3 Å². The van der Waals surface area contributed by atoms with Gasteiger partial charge >= 0.3 is 0 Å². The maximum absolute atomic E-state index is 12.1. The van der Waals surface area contributed by atoms with Crippen LogP contribution in [-0.4, -0.2) is 71.6 Å². The molecule has 0 bridgehead atoms. The summed E-state index contributed by atoms with van der Waals surface area (Å²) in [7, 11) is 0. The molecule has 6 aliphatic rings. The summed E-state index contributed by atoms with van der Waals surface area (Å²) in [6.07, 6.45) is 7.20. The SMILES string of the molecule is C[C@]12CCC3(CC1=CC[C@@H]1[C@@H]2[C@H](O)C[C@@]2(C)[C@H]1CC[C@]2(O)C1(CO)OCCO1)OCCO3. The largest absolute Gasteiger partial charge is 0.393 e. The van der Waals surface area contributed by atoms with Crippen LogP contribution in [0.25, 0.3) is 0 Å². The van der Waals surface area contributed by atoms with Crippen LogP contribution in [0.4, 0.5) is 0 Å². The number of fused-ring (bicyclic) bond motifs is 5. The average molecular weight is 451 g/mol. The Morgan fingerprint density at radius 1 is 1.00 bits per heavy atom. The average Bonchev–Trinajstić information content (AvgIpc) is 3.49. The molecule has 3 N–H and O–H groups in total. The third-order valence-electron chi connectivity index (χ3n) is 10.6. The van der Waals surface area contributed by atoms with Gasteiger partial charge in [0.1, 0.15) is 12.2 Å². The molecule has 32 heavy (non-hydrogen) atoms. The maximum atomic E-state index is 12.1. The van der Waals surface area contributed by atoms with Crippen molar-refractivity contribution in [2.24, 2.45) is 28.6 Å². The number of aliphatic hydroxyl groups is 3. The lowest BCUT2D eigenvalue weighted by molar-refractivity contribution is -0.324. The minimum Gasteiger partial charge on any atom is -0.393 e. The summed E-state index contributed by atoms with van der Waals surface area (Å²) in [5.74, 6) is -1.19. The third kappa shape index (κ3) is 2.56. The molecule has 4 aliphatic carbocycles. The van der Waals surface area contributed by atoms with E-state index in [9.17, 15) is 15.3 Å². The Morgan fingerprint density at radius 2 is 1.69 bits per heavy atom. The Labute approximate surface area is 190 Å². The van der Waals surface area contributed by atoms with Crippen LogP contribution in [0.3, 0.4) is 0 Å². The molecule has 1 spiro atoms. The minimum atomic E-state index is -1.39. The highest BCUT2D eigenvalue weighted by Gasteiger charge is 2.73. The summed E-state index contributed by atoms with van der Waals surface area (Å²) in [5.41, 5.74) is -0.623. The molecule has 0 radical (unpaired) electrons. The molecule has 0 aromatic heterocycles. The van der Waals surface area contributed by atoms with Crippen molar-refractivity contribution in [2.45, 2.75) is 82.1 Å². The number of hydrogen-bond acceptors (Lipinski definition) is 7. The number of ether oxygens (including phenoxy) is 4. The first-order valence-electron chi connectivity index (χ1n) is 12.5. The van der Waals surface area contributed by atoms with Crippen molar-refractivity contribution < 1.29 is 34.3 Å². The first-order chi connectivity index (χ1) is 15.2. The van der Waals surface area contributed by atoms with Gasteiger partial charge in [-0.1, -0.05) is 25.5 Å². The molecule has 0 aromatic carbocycles. The van der Waals surface area contributed by atoms with Gasteiger partial charge in [0, 0.05) is 18.3 Å². The maximum Gasteiger partial charge on any atom is 0.222 e. The van der Waals surface area contributed by atoms with Crippen molar-refractivity contribution in [3.63, 3.8) is 0 Å². The molecule has 7 heteroatoms. The second kappa shape index (κ2) is 7.00. The Morgan fingerprint density at radius 3 is 2.38 bits per heavy atom. The van der Waals surface area contributed by atoms with E-state index in [1.54, 1.807) is 0 Å². The van der Waals surface area contributed by atoms with Crippen LogP contribution in [0.2, 0.25) is 0 Å². The molecule has 5 fully saturated rings. The standard InChI is InChI=1S/C25H38O7/c1-21-7-8-23(29-9-10-30-23)13-16(21)3-4-17-18-5-6-24(28,25(15-26)31-11-12-32-25)22(18,2)14-19(27)20(17)21/h3,17-20,26-28H,4-15H2,1-2H3/t17-,18-,19+,20+,21-,22-,24+/m0/s1. The highest BCUT2D eigenvalue weighted by Crippen LogP contribution is 2.69. The number of aliphatic hydroxyl groups excluding tert-OH is 2. The highest BCUT2D eigenvalue weighted by molar-refractivity contribution is 5.29. The molecule has 6 rings (SSSR count). The van der Waals surface area contributed by atoms with Crippen molar-refractivity contribution in [1.29, 1.82) is 0 Å². The van der Waals surface area contributed by atoms with Gasteiger partial charge in [0.15, 0.2) is 5.79 Å². The summed E-state index contributed by atoms with van der Waals surface area (Å²) in [5, 5.41) is 34.0. The monoisotopic (exact) mass is 450 g/mol. The summed E-state index contributed by atoms with van der Waals surface area (Å²) >= 11 is 0. The van der Waals surface area contributed by atoms with Gasteiger partial charge in [0.05, 0.1) is 32.5 Å². The second-order valence-corrected chi connectivity index (χ2v) is 11.7. The third-order valence-corrected chi connectivity index (χ3v) is 10.6. The Balaban J connectivity index is 1.35. The molecule has 7 nitrogen and oxygen atoms in total. The lowest BCUT2D eigenvalue weighted by atomic mass is 9.45. The van der Waals surface area contributed by atoms with Crippen molar-refractivity contribution in [3.05, 3.63) is 11.6 Å². The van der Waals surface area contributed by atoms with Gasteiger partial charge in [-0.15, -0.1) is 0 Å². The lowest BCUT2D eigenvalue weighted by Gasteiger charge is -2.62. The van der Waals surface area contributed by atoms with E-state index in [-0.39, 0.29) is 29.8 Å². The van der Waals surface area contributed by atoms with Crippen molar-refractivity contribution >= 4 is 0 Å². The normalized spacial score (nSPS) is 51.2. The Bertz CT molecular complexity index is 800. The van der Waals surface area contributed by atoms with Crippen LogP contribution in [0.1, 0.15) is 58.8 Å². The molecular weight excluding hydrogens is 412 g/mol. The van der Waals surface area contributed by atoms with Crippen LogP contribution in [-0.2, 0) is 18.9 Å². The van der Waals surface area contributed by atoms with E-state index in [1.807, 2.05) is 0 Å². The van der Waals surface area contributed by atoms with Gasteiger partial charge in [-0.3, -0.25) is 0 Å². The van der Waals surface area contributed by atoms with E-state index in [1.165, 1.54) is 5.57 Å². The molecule has 2 saturated heterocycles. The van der Waals surface area contributed by atoms with Crippen molar-refractivity contribution in [2.75, 3.05) is 33.0 Å². The lowest BCUT2D eigenvalue weighted by Crippen LogP contribution is -2.68. The minimum absolute atomic E-state index is 0.0834. The van der Waals surface area contributed by atoms with Gasteiger partial charge in [-0.05, 0) is 55.3 Å². The van der Waals surface area contributed by atoms with E-state index in [2.05, 4.69) is 19.9 Å². The van der Waals surface area contributed by atoms with E-state index >= 15 is 0 Å². The van der Waals surface area contributed by atoms with Crippen LogP contribution >= 0.6 is 0 Å². The van der Waals surface area contributed by atoms with Gasteiger partial charge in [0.2, 0.25) is 5.79 Å². The van der Waals surface area contributed by atoms with Crippen LogP contribution in [0.15, 0.2) is 11.6 Å². The smallest absolute Gasteiger partial charge is 0.222 e. The predicted molar refractivity (Wildman–Crippen MR) is 114 cm³/mol. The number of hydrogen-bond donors (Lipinski definition) is 3. The van der Waals surface area contributed by atoms with E-state index in [4.69, 9.17) is 18.9 Å². The van der Waals surface area contributed by atoms with Crippen molar-refractivity contribution in [1.82, 2.24) is 0 Å². The molecule has 3 saturated carbocycles. The fraction of sp³-hybridized carbons (Fsp3) is 0.920. The molecular formula is C25H38O7. The first-order valence-corrected chi connectivity index (χ1v) is 12.5. The van der Waals surface area contributed by atoms with E-state index < -0.39 is 28.7 Å². The molecule has 0 unspecified atom stereocenters. The molecule has 2 heterocycles. The fourth-order valence-electron chi connectivity index (χ4n) is 9.03. The predicted octanol–water partition coefficient (Wildman–Crippen LogP) is 2.13. The van der Waals surface area contributed by atoms with Gasteiger partial charge in [-0.2, -0.15) is 0 Å². The Hall–Kier alpha value is -0.540. The number of rotatable bonds is 2. The summed E-state index contributed by atoms with van der Waals surface area (Å²) in [6.45, 7) is 6.10. The van der Waals surface area contributed by atoms with Crippen molar-refractivity contribution in [3.8, 4) is 0 Å². The molecule has 0 aromatic rings. The first kappa shape index (κ1) is 22.0. The zero-order chi connectivity index (χ0) is 22.4. The van der Waals surface area contributed by atoms with E-state index in [0.29, 0.717) is 39.3 Å². The summed E-state index contributed by atoms with van der Waals surface area (Å²) < 4.78 is 23.8.